The Hall–Kier alpha value is -2.32. The molecule has 2 amide bonds. The minimum Gasteiger partial charge on any atom is -0.363 e. The number of urea groups is 1. The molecule has 1 rings (SSSR count). The second-order valence-corrected chi connectivity index (χ2v) is 3.99. The van der Waals surface area contributed by atoms with E-state index in [1.165, 1.54) is 4.68 Å². The van der Waals surface area contributed by atoms with Crippen LogP contribution in [0.3, 0.4) is 0 Å². The van der Waals surface area contributed by atoms with Gasteiger partial charge >= 0.3 is 11.7 Å². The van der Waals surface area contributed by atoms with E-state index in [4.69, 9.17) is 5.73 Å². The molecule has 0 unspecified atom stereocenters. The lowest BCUT2D eigenvalue weighted by Crippen LogP contribution is -2.33. The number of aryl methyl sites for hydroxylation is 2. The van der Waals surface area contributed by atoms with E-state index < -0.39 is 11.0 Å². The number of hydrogen-bond acceptors (Lipinski definition) is 5. The maximum atomic E-state index is 11.1. The summed E-state index contributed by atoms with van der Waals surface area (Å²) in [5, 5.41) is 20.5. The molecule has 1 aromatic rings. The van der Waals surface area contributed by atoms with Crippen LogP contribution in [0.25, 0.3) is 0 Å². The molecule has 0 aliphatic rings. The molecule has 0 aromatic carbocycles. The quantitative estimate of drug-likeness (QED) is 0.374. The van der Waals surface area contributed by atoms with E-state index in [9.17, 15) is 14.9 Å². The Labute approximate surface area is 110 Å². The zero-order valence-electron chi connectivity index (χ0n) is 11.0. The molecule has 1 heterocycles. The van der Waals surface area contributed by atoms with Crippen molar-refractivity contribution in [2.45, 2.75) is 19.8 Å². The van der Waals surface area contributed by atoms with Gasteiger partial charge in [0.2, 0.25) is 5.82 Å². The van der Waals surface area contributed by atoms with Gasteiger partial charge in [0.1, 0.15) is 5.69 Å². The van der Waals surface area contributed by atoms with Crippen LogP contribution >= 0.6 is 0 Å². The summed E-state index contributed by atoms with van der Waals surface area (Å²) in [6.07, 6.45) is 1.33. The maximum Gasteiger partial charge on any atom is 0.333 e. The number of nitrogens with two attached hydrogens (primary N) is 1. The third-order valence-electron chi connectivity index (χ3n) is 2.48. The Bertz CT molecular complexity index is 470. The summed E-state index contributed by atoms with van der Waals surface area (Å²) >= 11 is 0. The average Bonchev–Trinajstić information content (AvgIpc) is 2.61. The molecular formula is C10H18N6O3. The number of amides is 2. The highest BCUT2D eigenvalue weighted by molar-refractivity contribution is 5.71. The van der Waals surface area contributed by atoms with Gasteiger partial charge in [-0.15, -0.1) is 0 Å². The second kappa shape index (κ2) is 6.57. The highest BCUT2D eigenvalue weighted by Gasteiger charge is 2.25. The molecule has 0 saturated carbocycles. The first kappa shape index (κ1) is 14.7. The summed E-state index contributed by atoms with van der Waals surface area (Å²) in [4.78, 5) is 21.2. The Morgan fingerprint density at radius 2 is 2.21 bits per heavy atom. The van der Waals surface area contributed by atoms with Crippen molar-refractivity contribution in [3.8, 4) is 0 Å². The van der Waals surface area contributed by atoms with E-state index in [-0.39, 0.29) is 12.2 Å². The van der Waals surface area contributed by atoms with Gasteiger partial charge < -0.3 is 16.4 Å². The zero-order chi connectivity index (χ0) is 14.4. The zero-order valence-corrected chi connectivity index (χ0v) is 11.0. The van der Waals surface area contributed by atoms with Gasteiger partial charge in [-0.3, -0.25) is 10.1 Å². The summed E-state index contributed by atoms with van der Waals surface area (Å²) in [6.45, 7) is 2.54. The van der Waals surface area contributed by atoms with Gasteiger partial charge in [0.15, 0.2) is 0 Å². The van der Waals surface area contributed by atoms with E-state index in [2.05, 4.69) is 15.7 Å². The first-order valence-corrected chi connectivity index (χ1v) is 5.94. The Balaban J connectivity index is 2.81. The molecule has 9 heteroatoms. The van der Waals surface area contributed by atoms with Gasteiger partial charge in [-0.05, 0) is 6.42 Å². The number of rotatable bonds is 7. The van der Waals surface area contributed by atoms with Crippen LogP contribution in [0.15, 0.2) is 0 Å². The van der Waals surface area contributed by atoms with Crippen molar-refractivity contribution in [1.29, 1.82) is 0 Å². The number of nitro groups is 1. The van der Waals surface area contributed by atoms with Crippen LogP contribution < -0.4 is 16.4 Å². The molecule has 1 aromatic heterocycles. The average molecular weight is 270 g/mol. The van der Waals surface area contributed by atoms with E-state index >= 15 is 0 Å². The molecule has 0 atom stereocenters. The molecule has 0 radical (unpaired) electrons. The van der Waals surface area contributed by atoms with Gasteiger partial charge in [0.25, 0.3) is 0 Å². The first-order chi connectivity index (χ1) is 8.97. The summed E-state index contributed by atoms with van der Waals surface area (Å²) in [7, 11) is 1.63. The summed E-state index contributed by atoms with van der Waals surface area (Å²) in [6, 6.07) is -0.632. The lowest BCUT2D eigenvalue weighted by molar-refractivity contribution is -0.384. The number of primary amides is 1. The molecule has 0 aliphatic heterocycles. The third kappa shape index (κ3) is 3.83. The number of carbonyl (C=O) groups excluding carboxylic acids is 1. The van der Waals surface area contributed by atoms with E-state index in [1.54, 1.807) is 7.05 Å². The van der Waals surface area contributed by atoms with Gasteiger partial charge in [0, 0.05) is 20.1 Å². The monoisotopic (exact) mass is 270 g/mol. The van der Waals surface area contributed by atoms with Crippen molar-refractivity contribution in [2.75, 3.05) is 18.4 Å². The minimum atomic E-state index is -0.632. The van der Waals surface area contributed by atoms with Crippen molar-refractivity contribution in [3.05, 3.63) is 15.8 Å². The van der Waals surface area contributed by atoms with Crippen LogP contribution in [0, 0.1) is 10.1 Å². The Morgan fingerprint density at radius 1 is 1.53 bits per heavy atom. The van der Waals surface area contributed by atoms with E-state index in [1.807, 2.05) is 6.92 Å². The smallest absolute Gasteiger partial charge is 0.333 e. The molecule has 9 nitrogen and oxygen atoms in total. The molecule has 0 bridgehead atoms. The highest BCUT2D eigenvalue weighted by Crippen LogP contribution is 2.28. The number of aromatic nitrogens is 2. The molecule has 0 fully saturated rings. The van der Waals surface area contributed by atoms with Crippen molar-refractivity contribution >= 4 is 17.5 Å². The van der Waals surface area contributed by atoms with E-state index in [0.29, 0.717) is 24.5 Å². The van der Waals surface area contributed by atoms with Gasteiger partial charge in [0.05, 0.1) is 4.92 Å². The molecule has 0 aliphatic carbocycles. The number of anilines is 1. The molecular weight excluding hydrogens is 252 g/mol. The van der Waals surface area contributed by atoms with Crippen LogP contribution in [-0.4, -0.2) is 33.8 Å². The SMILES string of the molecule is CCCc1nn(C)c(NCCNC(N)=O)c1[N+](=O)[O-]. The highest BCUT2D eigenvalue weighted by atomic mass is 16.6. The largest absolute Gasteiger partial charge is 0.363 e. The van der Waals surface area contributed by atoms with Crippen LogP contribution in [0.2, 0.25) is 0 Å². The summed E-state index contributed by atoms with van der Waals surface area (Å²) in [5.41, 5.74) is 5.37. The van der Waals surface area contributed by atoms with Crippen LogP contribution in [0.4, 0.5) is 16.3 Å². The van der Waals surface area contributed by atoms with Crippen molar-refractivity contribution in [3.63, 3.8) is 0 Å². The lowest BCUT2D eigenvalue weighted by Gasteiger charge is -2.06. The molecule has 0 spiro atoms. The fourth-order valence-electron chi connectivity index (χ4n) is 1.73. The Kier molecular flexibility index (Phi) is 5.10. The number of hydrogen-bond donors (Lipinski definition) is 3. The summed E-state index contributed by atoms with van der Waals surface area (Å²) in [5.74, 6) is 0.333. The third-order valence-corrected chi connectivity index (χ3v) is 2.48. The molecule has 0 saturated heterocycles. The normalized spacial score (nSPS) is 10.2. The Morgan fingerprint density at radius 3 is 2.74 bits per heavy atom. The number of nitrogens with one attached hydrogen (secondary N) is 2. The maximum absolute atomic E-state index is 11.1. The number of nitrogens with zero attached hydrogens (tertiary/aromatic N) is 3. The van der Waals surface area contributed by atoms with Crippen LogP contribution in [0.5, 0.6) is 0 Å². The second-order valence-electron chi connectivity index (χ2n) is 3.99. The fourth-order valence-corrected chi connectivity index (χ4v) is 1.73. The van der Waals surface area contributed by atoms with Crippen molar-refractivity contribution in [1.82, 2.24) is 15.1 Å². The van der Waals surface area contributed by atoms with Crippen LogP contribution in [-0.2, 0) is 13.5 Å². The van der Waals surface area contributed by atoms with Gasteiger partial charge in [-0.1, -0.05) is 13.3 Å². The van der Waals surface area contributed by atoms with Gasteiger partial charge in [-0.25, -0.2) is 9.48 Å². The van der Waals surface area contributed by atoms with Crippen LogP contribution in [0.1, 0.15) is 19.0 Å². The predicted octanol–water partition coefficient (Wildman–Crippen LogP) is 0.361. The molecule has 19 heavy (non-hydrogen) atoms. The number of carbonyl (C=O) groups is 1. The van der Waals surface area contributed by atoms with E-state index in [0.717, 1.165) is 6.42 Å². The fraction of sp³-hybridized carbons (Fsp3) is 0.600. The van der Waals surface area contributed by atoms with Crippen molar-refractivity contribution < 1.29 is 9.72 Å². The predicted molar refractivity (Wildman–Crippen MR) is 69.9 cm³/mol. The summed E-state index contributed by atoms with van der Waals surface area (Å²) < 4.78 is 1.44. The van der Waals surface area contributed by atoms with Gasteiger partial charge in [-0.2, -0.15) is 5.10 Å². The minimum absolute atomic E-state index is 0.0107. The lowest BCUT2D eigenvalue weighted by atomic mass is 10.2. The first-order valence-electron chi connectivity index (χ1n) is 5.94. The van der Waals surface area contributed by atoms with Crippen molar-refractivity contribution in [2.24, 2.45) is 12.8 Å². The molecule has 106 valence electrons. The standard InChI is InChI=1S/C10H18N6O3/c1-3-4-7-8(16(18)19)9(15(2)14-7)12-5-6-13-10(11)17/h12H,3-6H2,1-2H3,(H3,11,13,17). The molecule has 4 N–H and O–H groups in total. The topological polar surface area (TPSA) is 128 Å².